The van der Waals surface area contributed by atoms with Gasteiger partial charge in [0.05, 0.1) is 6.10 Å². The fourth-order valence-electron chi connectivity index (χ4n) is 2.69. The third-order valence-corrected chi connectivity index (χ3v) is 3.90. The molecule has 1 aliphatic rings. The van der Waals surface area contributed by atoms with Gasteiger partial charge in [-0.15, -0.1) is 0 Å². The summed E-state index contributed by atoms with van der Waals surface area (Å²) in [5.41, 5.74) is 0. The summed E-state index contributed by atoms with van der Waals surface area (Å²) < 4.78 is 6.03. The van der Waals surface area contributed by atoms with Crippen molar-refractivity contribution in [3.05, 3.63) is 0 Å². The minimum absolute atomic E-state index is 0.570. The zero-order valence-electron chi connectivity index (χ0n) is 11.9. The largest absolute Gasteiger partial charge is 0.378 e. The Labute approximate surface area is 108 Å². The average Bonchev–Trinajstić information content (AvgIpc) is 2.32. The maximum absolute atomic E-state index is 6.03. The van der Waals surface area contributed by atoms with Crippen molar-refractivity contribution in [1.29, 1.82) is 0 Å². The van der Waals surface area contributed by atoms with Crippen molar-refractivity contribution in [2.24, 2.45) is 0 Å². The predicted molar refractivity (Wildman–Crippen MR) is 75.4 cm³/mol. The Kier molecular flexibility index (Phi) is 9.78. The van der Waals surface area contributed by atoms with Gasteiger partial charge in [-0.3, -0.25) is 0 Å². The van der Waals surface area contributed by atoms with Crippen molar-refractivity contribution in [1.82, 2.24) is 0 Å². The van der Waals surface area contributed by atoms with Crippen LogP contribution in [0, 0.1) is 0 Å². The molecule has 1 fully saturated rings. The Hall–Kier alpha value is -0.0400. The Balaban J connectivity index is 2.17. The molecule has 0 radical (unpaired) electrons. The maximum Gasteiger partial charge on any atom is 0.0575 e. The van der Waals surface area contributed by atoms with Crippen LogP contribution in [0.1, 0.15) is 90.4 Å². The van der Waals surface area contributed by atoms with E-state index >= 15 is 0 Å². The highest BCUT2D eigenvalue weighted by molar-refractivity contribution is 4.61. The summed E-state index contributed by atoms with van der Waals surface area (Å²) in [6.07, 6.45) is 18.6. The molecule has 0 amide bonds. The van der Waals surface area contributed by atoms with Crippen LogP contribution in [0.3, 0.4) is 0 Å². The van der Waals surface area contributed by atoms with Crippen molar-refractivity contribution in [3.8, 4) is 0 Å². The van der Waals surface area contributed by atoms with Crippen molar-refractivity contribution in [3.63, 3.8) is 0 Å². The Morgan fingerprint density at radius 2 is 1.24 bits per heavy atom. The highest BCUT2D eigenvalue weighted by Gasteiger charge is 2.09. The molecule has 1 nitrogen and oxygen atoms in total. The number of hydrogen-bond acceptors (Lipinski definition) is 1. The lowest BCUT2D eigenvalue weighted by atomic mass is 9.99. The zero-order chi connectivity index (χ0) is 12.2. The lowest BCUT2D eigenvalue weighted by Crippen LogP contribution is -2.14. The lowest BCUT2D eigenvalue weighted by Gasteiger charge is -2.18. The van der Waals surface area contributed by atoms with E-state index in [0.717, 1.165) is 6.61 Å². The molecule has 17 heavy (non-hydrogen) atoms. The average molecular weight is 240 g/mol. The second kappa shape index (κ2) is 11.1. The van der Waals surface area contributed by atoms with Gasteiger partial charge in [0.25, 0.3) is 0 Å². The third kappa shape index (κ3) is 8.65. The molecule has 1 rings (SSSR count). The van der Waals surface area contributed by atoms with Gasteiger partial charge in [-0.25, -0.2) is 0 Å². The molecular weight excluding hydrogens is 208 g/mol. The summed E-state index contributed by atoms with van der Waals surface area (Å²) in [5.74, 6) is 0. The molecule has 0 unspecified atom stereocenters. The maximum atomic E-state index is 6.03. The summed E-state index contributed by atoms with van der Waals surface area (Å²) in [5, 5.41) is 0. The Morgan fingerprint density at radius 1 is 0.765 bits per heavy atom. The van der Waals surface area contributed by atoms with Gasteiger partial charge in [0.1, 0.15) is 0 Å². The van der Waals surface area contributed by atoms with E-state index in [9.17, 15) is 0 Å². The topological polar surface area (TPSA) is 9.23 Å². The molecular formula is C16H32O. The Morgan fingerprint density at radius 3 is 1.71 bits per heavy atom. The molecule has 0 saturated heterocycles. The van der Waals surface area contributed by atoms with Crippen molar-refractivity contribution in [2.45, 2.75) is 96.5 Å². The van der Waals surface area contributed by atoms with E-state index in [-0.39, 0.29) is 0 Å². The third-order valence-electron chi connectivity index (χ3n) is 3.90. The van der Waals surface area contributed by atoms with Crippen LogP contribution in [0.2, 0.25) is 0 Å². The fraction of sp³-hybridized carbons (Fsp3) is 1.00. The van der Waals surface area contributed by atoms with Gasteiger partial charge in [0.15, 0.2) is 0 Å². The molecule has 0 aromatic rings. The van der Waals surface area contributed by atoms with E-state index in [1.54, 1.807) is 0 Å². The molecule has 0 heterocycles. The predicted octanol–water partition coefficient (Wildman–Crippen LogP) is 5.48. The van der Waals surface area contributed by atoms with Crippen molar-refractivity contribution < 1.29 is 4.74 Å². The standard InChI is InChI=1S/C16H32O/c1-2-3-15-17-16-13-11-9-7-5-4-6-8-10-12-14-16/h16H,2-15H2,1H3. The van der Waals surface area contributed by atoms with Crippen LogP contribution in [-0.4, -0.2) is 12.7 Å². The molecule has 0 aliphatic heterocycles. The first-order valence-corrected chi connectivity index (χ1v) is 8.05. The van der Waals surface area contributed by atoms with Crippen LogP contribution in [0.25, 0.3) is 0 Å². The van der Waals surface area contributed by atoms with Crippen molar-refractivity contribution >= 4 is 0 Å². The van der Waals surface area contributed by atoms with E-state index in [2.05, 4.69) is 6.92 Å². The molecule has 1 aliphatic carbocycles. The van der Waals surface area contributed by atoms with Gasteiger partial charge in [-0.05, 0) is 19.3 Å². The molecule has 1 saturated carbocycles. The van der Waals surface area contributed by atoms with E-state index in [0.29, 0.717) is 6.10 Å². The highest BCUT2D eigenvalue weighted by atomic mass is 16.5. The van der Waals surface area contributed by atoms with Gasteiger partial charge in [-0.1, -0.05) is 71.1 Å². The van der Waals surface area contributed by atoms with Crippen LogP contribution in [0.5, 0.6) is 0 Å². The van der Waals surface area contributed by atoms with Crippen LogP contribution < -0.4 is 0 Å². The fourth-order valence-corrected chi connectivity index (χ4v) is 2.69. The van der Waals surface area contributed by atoms with Crippen LogP contribution in [0.4, 0.5) is 0 Å². The number of hydrogen-bond donors (Lipinski definition) is 0. The second-order valence-electron chi connectivity index (χ2n) is 5.61. The Bertz CT molecular complexity index is 144. The van der Waals surface area contributed by atoms with E-state index in [1.165, 1.54) is 83.5 Å². The molecule has 0 atom stereocenters. The molecule has 0 bridgehead atoms. The molecule has 0 aromatic heterocycles. The molecule has 1 heteroatoms. The minimum Gasteiger partial charge on any atom is -0.378 e. The summed E-state index contributed by atoms with van der Waals surface area (Å²) in [6, 6.07) is 0. The number of ether oxygens (including phenoxy) is 1. The van der Waals surface area contributed by atoms with E-state index in [1.807, 2.05) is 0 Å². The van der Waals surface area contributed by atoms with Crippen molar-refractivity contribution in [2.75, 3.05) is 6.61 Å². The van der Waals surface area contributed by atoms with Gasteiger partial charge < -0.3 is 4.74 Å². The summed E-state index contributed by atoms with van der Waals surface area (Å²) in [4.78, 5) is 0. The molecule has 0 N–H and O–H groups in total. The normalized spacial score (nSPS) is 21.7. The molecule has 102 valence electrons. The van der Waals surface area contributed by atoms with E-state index in [4.69, 9.17) is 4.74 Å². The first-order valence-electron chi connectivity index (χ1n) is 8.05. The molecule has 0 spiro atoms. The zero-order valence-corrected chi connectivity index (χ0v) is 11.9. The smallest absolute Gasteiger partial charge is 0.0575 e. The summed E-state index contributed by atoms with van der Waals surface area (Å²) in [6.45, 7) is 3.23. The molecule has 0 aromatic carbocycles. The summed E-state index contributed by atoms with van der Waals surface area (Å²) >= 11 is 0. The van der Waals surface area contributed by atoms with Crippen LogP contribution in [0.15, 0.2) is 0 Å². The first-order chi connectivity index (χ1) is 8.43. The number of rotatable bonds is 4. The SMILES string of the molecule is CCCCOC1CCCCCCCCCCC1. The highest BCUT2D eigenvalue weighted by Crippen LogP contribution is 2.18. The van der Waals surface area contributed by atoms with Gasteiger partial charge in [0.2, 0.25) is 0 Å². The number of unbranched alkanes of at least 4 members (excludes halogenated alkanes) is 1. The van der Waals surface area contributed by atoms with Crippen LogP contribution in [-0.2, 0) is 4.74 Å². The minimum atomic E-state index is 0.570. The van der Waals surface area contributed by atoms with Gasteiger partial charge in [-0.2, -0.15) is 0 Å². The van der Waals surface area contributed by atoms with Gasteiger partial charge >= 0.3 is 0 Å². The lowest BCUT2D eigenvalue weighted by molar-refractivity contribution is 0.0362. The van der Waals surface area contributed by atoms with E-state index < -0.39 is 0 Å². The van der Waals surface area contributed by atoms with Gasteiger partial charge in [0, 0.05) is 6.61 Å². The monoisotopic (exact) mass is 240 g/mol. The quantitative estimate of drug-likeness (QED) is 0.591. The second-order valence-corrected chi connectivity index (χ2v) is 5.61. The van der Waals surface area contributed by atoms with Crippen LogP contribution >= 0.6 is 0 Å². The first kappa shape index (κ1) is 15.0. The summed E-state index contributed by atoms with van der Waals surface area (Å²) in [7, 11) is 0.